The molecular formula is C23H26ClN5O4. The van der Waals surface area contributed by atoms with E-state index in [9.17, 15) is 4.79 Å². The van der Waals surface area contributed by atoms with E-state index in [-0.39, 0.29) is 11.9 Å². The highest BCUT2D eigenvalue weighted by Gasteiger charge is 2.29. The van der Waals surface area contributed by atoms with Gasteiger partial charge in [0.2, 0.25) is 0 Å². The van der Waals surface area contributed by atoms with Crippen LogP contribution in [-0.4, -0.2) is 52.2 Å². The fourth-order valence-electron chi connectivity index (χ4n) is 4.37. The van der Waals surface area contributed by atoms with Gasteiger partial charge in [0.1, 0.15) is 23.1 Å². The van der Waals surface area contributed by atoms with Crippen molar-refractivity contribution in [3.63, 3.8) is 0 Å². The number of aryl methyl sites for hydroxylation is 1. The molecule has 2 aromatic heterocycles. The number of hydrogen-bond donors (Lipinski definition) is 1. The van der Waals surface area contributed by atoms with Crippen molar-refractivity contribution >= 4 is 17.5 Å². The topological polar surface area (TPSA) is 92.4 Å². The molecular weight excluding hydrogens is 446 g/mol. The molecule has 1 atom stereocenters. The standard InChI is InChI=1S/C23H26ClN5O4/c1-31-9-10-33-20-7-4-6-17(21(20)24)29-19-13-32-12-16(15(19)11-26-29)27-23(30)22-18-5-2-3-8-28(18)14-25-22/h4,6-7,11,14,16H,2-3,5,8-10,12-13H2,1H3,(H,27,30)/t16-/m0/s1. The van der Waals surface area contributed by atoms with Crippen LogP contribution in [0.4, 0.5) is 0 Å². The van der Waals surface area contributed by atoms with Gasteiger partial charge >= 0.3 is 0 Å². The number of fused-ring (bicyclic) bond motifs is 2. The number of nitrogens with one attached hydrogen (secondary N) is 1. The molecule has 0 spiro atoms. The van der Waals surface area contributed by atoms with Gasteiger partial charge in [-0.25, -0.2) is 9.67 Å². The maximum Gasteiger partial charge on any atom is 0.272 e. The Kier molecular flexibility index (Phi) is 6.34. The third-order valence-electron chi connectivity index (χ3n) is 6.05. The summed E-state index contributed by atoms with van der Waals surface area (Å²) < 4.78 is 20.4. The molecule has 0 fully saturated rings. The van der Waals surface area contributed by atoms with Crippen LogP contribution >= 0.6 is 11.6 Å². The van der Waals surface area contributed by atoms with E-state index >= 15 is 0 Å². The number of halogens is 1. The molecule has 5 rings (SSSR count). The Morgan fingerprint density at radius 2 is 2.21 bits per heavy atom. The number of amides is 1. The number of aromatic nitrogens is 4. The molecule has 3 aromatic rings. The van der Waals surface area contributed by atoms with E-state index in [4.69, 9.17) is 25.8 Å². The molecule has 0 bridgehead atoms. The number of nitrogens with zero attached hydrogens (tertiary/aromatic N) is 4. The maximum atomic E-state index is 13.0. The van der Waals surface area contributed by atoms with Gasteiger partial charge in [-0.1, -0.05) is 17.7 Å². The lowest BCUT2D eigenvalue weighted by molar-refractivity contribution is 0.0684. The second-order valence-corrected chi connectivity index (χ2v) is 8.50. The average Bonchev–Trinajstić information content (AvgIpc) is 3.45. The lowest BCUT2D eigenvalue weighted by Gasteiger charge is -2.25. The first-order chi connectivity index (χ1) is 16.2. The summed E-state index contributed by atoms with van der Waals surface area (Å²) in [6, 6.07) is 5.22. The van der Waals surface area contributed by atoms with Crippen molar-refractivity contribution < 1.29 is 19.0 Å². The fraction of sp³-hybridized carbons (Fsp3) is 0.435. The number of rotatable bonds is 7. The fourth-order valence-corrected chi connectivity index (χ4v) is 4.64. The van der Waals surface area contributed by atoms with E-state index < -0.39 is 0 Å². The van der Waals surface area contributed by atoms with Gasteiger partial charge in [0, 0.05) is 19.2 Å². The van der Waals surface area contributed by atoms with Gasteiger partial charge in [0.15, 0.2) is 0 Å². The molecule has 0 saturated carbocycles. The van der Waals surface area contributed by atoms with Crippen LogP contribution in [0.1, 0.15) is 46.3 Å². The lowest BCUT2D eigenvalue weighted by Crippen LogP contribution is -2.35. The summed E-state index contributed by atoms with van der Waals surface area (Å²) in [6.45, 7) is 2.51. The highest BCUT2D eigenvalue weighted by Crippen LogP contribution is 2.34. The first kappa shape index (κ1) is 21.9. The zero-order valence-electron chi connectivity index (χ0n) is 18.4. The minimum atomic E-state index is -0.323. The first-order valence-electron chi connectivity index (χ1n) is 11.1. The largest absolute Gasteiger partial charge is 0.490 e. The number of carbonyl (C=O) groups is 1. The molecule has 174 valence electrons. The number of hydrogen-bond acceptors (Lipinski definition) is 6. The molecule has 1 aromatic carbocycles. The van der Waals surface area contributed by atoms with E-state index in [0.717, 1.165) is 42.8 Å². The smallest absolute Gasteiger partial charge is 0.272 e. The quantitative estimate of drug-likeness (QED) is 0.532. The van der Waals surface area contributed by atoms with E-state index in [1.807, 2.05) is 18.2 Å². The van der Waals surface area contributed by atoms with E-state index in [1.54, 1.807) is 24.3 Å². The Bertz CT molecular complexity index is 1160. The third-order valence-corrected chi connectivity index (χ3v) is 6.43. The van der Waals surface area contributed by atoms with Crippen molar-refractivity contribution in [2.45, 2.75) is 38.5 Å². The number of ether oxygens (including phenoxy) is 3. The van der Waals surface area contributed by atoms with Crippen LogP contribution in [0, 0.1) is 0 Å². The number of benzene rings is 1. The van der Waals surface area contributed by atoms with E-state index in [2.05, 4.69) is 20.0 Å². The number of carbonyl (C=O) groups excluding carboxylic acids is 1. The van der Waals surface area contributed by atoms with Gasteiger partial charge in [0.25, 0.3) is 5.91 Å². The molecule has 0 saturated heterocycles. The summed E-state index contributed by atoms with van der Waals surface area (Å²) in [4.78, 5) is 17.4. The van der Waals surface area contributed by atoms with Crippen LogP contribution in [0.25, 0.3) is 5.69 Å². The molecule has 2 aliphatic rings. The molecule has 33 heavy (non-hydrogen) atoms. The molecule has 2 aliphatic heterocycles. The van der Waals surface area contributed by atoms with Gasteiger partial charge in [0.05, 0.1) is 55.5 Å². The van der Waals surface area contributed by atoms with Crippen LogP contribution in [-0.2, 0) is 29.0 Å². The molecule has 1 amide bonds. The van der Waals surface area contributed by atoms with Crippen LogP contribution in [0.15, 0.2) is 30.7 Å². The maximum absolute atomic E-state index is 13.0. The van der Waals surface area contributed by atoms with Crippen molar-refractivity contribution in [1.29, 1.82) is 0 Å². The van der Waals surface area contributed by atoms with E-state index in [0.29, 0.717) is 48.6 Å². The second-order valence-electron chi connectivity index (χ2n) is 8.12. The summed E-state index contributed by atoms with van der Waals surface area (Å²) in [7, 11) is 1.62. The van der Waals surface area contributed by atoms with Crippen LogP contribution in [0.2, 0.25) is 5.02 Å². The number of imidazole rings is 1. The minimum Gasteiger partial charge on any atom is -0.490 e. The minimum absolute atomic E-state index is 0.188. The third kappa shape index (κ3) is 4.23. The Balaban J connectivity index is 1.38. The summed E-state index contributed by atoms with van der Waals surface area (Å²) in [5.41, 5.74) is 3.94. The van der Waals surface area contributed by atoms with Gasteiger partial charge in [-0.3, -0.25) is 4.79 Å². The highest BCUT2D eigenvalue weighted by atomic mass is 35.5. The molecule has 10 heteroatoms. The molecule has 0 radical (unpaired) electrons. The van der Waals surface area contributed by atoms with Crippen LogP contribution < -0.4 is 10.1 Å². The Hall–Kier alpha value is -2.88. The predicted molar refractivity (Wildman–Crippen MR) is 121 cm³/mol. The van der Waals surface area contributed by atoms with Crippen molar-refractivity contribution in [3.05, 3.63) is 58.4 Å². The van der Waals surface area contributed by atoms with Crippen LogP contribution in [0.5, 0.6) is 5.75 Å². The highest BCUT2D eigenvalue weighted by molar-refractivity contribution is 6.33. The molecule has 4 heterocycles. The SMILES string of the molecule is COCCOc1cccc(-n2ncc3c2COC[C@@H]3NC(=O)c2ncn3c2CCCC3)c1Cl. The number of methoxy groups -OCH3 is 1. The average molecular weight is 472 g/mol. The summed E-state index contributed by atoms with van der Waals surface area (Å²) >= 11 is 6.63. The molecule has 1 N–H and O–H groups in total. The van der Waals surface area contributed by atoms with Crippen molar-refractivity contribution in [1.82, 2.24) is 24.6 Å². The zero-order valence-corrected chi connectivity index (χ0v) is 19.2. The summed E-state index contributed by atoms with van der Waals surface area (Å²) in [5.74, 6) is 0.369. The van der Waals surface area contributed by atoms with Crippen molar-refractivity contribution in [2.75, 3.05) is 26.9 Å². The van der Waals surface area contributed by atoms with Crippen LogP contribution in [0.3, 0.4) is 0 Å². The van der Waals surface area contributed by atoms with E-state index in [1.165, 1.54) is 0 Å². The van der Waals surface area contributed by atoms with Gasteiger partial charge in [-0.15, -0.1) is 0 Å². The molecule has 0 unspecified atom stereocenters. The second kappa shape index (κ2) is 9.54. The van der Waals surface area contributed by atoms with Crippen molar-refractivity contribution in [2.24, 2.45) is 0 Å². The Morgan fingerprint density at radius 3 is 3.09 bits per heavy atom. The normalized spacial score (nSPS) is 17.3. The van der Waals surface area contributed by atoms with Gasteiger partial charge in [-0.05, 0) is 31.4 Å². The zero-order chi connectivity index (χ0) is 22.8. The van der Waals surface area contributed by atoms with Gasteiger partial charge < -0.3 is 24.1 Å². The predicted octanol–water partition coefficient (Wildman–Crippen LogP) is 3.09. The summed E-state index contributed by atoms with van der Waals surface area (Å²) in [5, 5.41) is 8.10. The molecule has 9 nitrogen and oxygen atoms in total. The monoisotopic (exact) mass is 471 g/mol. The van der Waals surface area contributed by atoms with Gasteiger partial charge in [-0.2, -0.15) is 5.10 Å². The Labute approximate surface area is 196 Å². The first-order valence-corrected chi connectivity index (χ1v) is 11.4. The van der Waals surface area contributed by atoms with Crippen molar-refractivity contribution in [3.8, 4) is 11.4 Å². The molecule has 0 aliphatic carbocycles. The Morgan fingerprint density at radius 1 is 1.30 bits per heavy atom. The summed E-state index contributed by atoms with van der Waals surface area (Å²) in [6.07, 6.45) is 6.58. The lowest BCUT2D eigenvalue weighted by atomic mass is 10.0.